The number of nitrogens with one attached hydrogen (secondary N) is 1. The van der Waals surface area contributed by atoms with Gasteiger partial charge in [0.2, 0.25) is 5.91 Å². The van der Waals surface area contributed by atoms with Gasteiger partial charge in [-0.2, -0.15) is 0 Å². The lowest BCUT2D eigenvalue weighted by atomic mass is 10.2. The molecule has 1 atom stereocenters. The number of nitrogens with two attached hydrogens (primary N) is 1. The number of amides is 1. The number of carbonyl (C=O) groups excluding carboxylic acids is 1. The number of hydrogen-bond donors (Lipinski definition) is 2. The second kappa shape index (κ2) is 7.62. The molecule has 15 heavy (non-hydrogen) atoms. The van der Waals surface area contributed by atoms with Crippen LogP contribution in [0.25, 0.3) is 0 Å². The molecule has 5 heteroatoms. The molecule has 1 aliphatic rings. The number of hydrogen-bond acceptors (Lipinski definition) is 4. The quantitative estimate of drug-likeness (QED) is 0.570. The standard InChI is InChI=1S/C10H20N2O3/c11-4-7-14-8-10(13)12-5-3-9-2-1-6-15-9/h9H,1-8,11H2,(H,12,13). The molecule has 0 radical (unpaired) electrons. The van der Waals surface area contributed by atoms with Gasteiger partial charge in [0.25, 0.3) is 0 Å². The zero-order valence-corrected chi connectivity index (χ0v) is 9.04. The summed E-state index contributed by atoms with van der Waals surface area (Å²) in [5.41, 5.74) is 5.22. The van der Waals surface area contributed by atoms with Crippen molar-refractivity contribution in [3.8, 4) is 0 Å². The molecule has 1 aliphatic heterocycles. The summed E-state index contributed by atoms with van der Waals surface area (Å²) < 4.78 is 10.4. The van der Waals surface area contributed by atoms with Gasteiger partial charge in [-0.25, -0.2) is 0 Å². The molecule has 5 nitrogen and oxygen atoms in total. The van der Waals surface area contributed by atoms with E-state index < -0.39 is 0 Å². The van der Waals surface area contributed by atoms with Gasteiger partial charge in [-0.05, 0) is 19.3 Å². The first-order chi connectivity index (χ1) is 7.33. The maximum atomic E-state index is 11.2. The maximum absolute atomic E-state index is 11.2. The van der Waals surface area contributed by atoms with Gasteiger partial charge in [-0.3, -0.25) is 4.79 Å². The first kappa shape index (κ1) is 12.4. The minimum atomic E-state index is -0.0820. The summed E-state index contributed by atoms with van der Waals surface area (Å²) in [6, 6.07) is 0. The molecule has 0 aromatic carbocycles. The van der Waals surface area contributed by atoms with Crippen molar-refractivity contribution in [1.29, 1.82) is 0 Å². The van der Waals surface area contributed by atoms with Gasteiger partial charge in [-0.1, -0.05) is 0 Å². The monoisotopic (exact) mass is 216 g/mol. The van der Waals surface area contributed by atoms with Gasteiger partial charge in [-0.15, -0.1) is 0 Å². The van der Waals surface area contributed by atoms with E-state index in [4.69, 9.17) is 15.2 Å². The van der Waals surface area contributed by atoms with Gasteiger partial charge < -0.3 is 20.5 Å². The summed E-state index contributed by atoms with van der Waals surface area (Å²) in [7, 11) is 0. The Morgan fingerprint density at radius 2 is 2.47 bits per heavy atom. The molecule has 0 saturated carbocycles. The largest absolute Gasteiger partial charge is 0.378 e. The van der Waals surface area contributed by atoms with Crippen LogP contribution in [0, 0.1) is 0 Å². The Balaban J connectivity index is 1.91. The van der Waals surface area contributed by atoms with Crippen LogP contribution in [-0.4, -0.2) is 44.9 Å². The van der Waals surface area contributed by atoms with Crippen molar-refractivity contribution in [3.63, 3.8) is 0 Å². The van der Waals surface area contributed by atoms with Crippen molar-refractivity contribution < 1.29 is 14.3 Å². The van der Waals surface area contributed by atoms with Crippen molar-refractivity contribution in [3.05, 3.63) is 0 Å². The zero-order valence-electron chi connectivity index (χ0n) is 9.04. The van der Waals surface area contributed by atoms with Crippen molar-refractivity contribution in [2.45, 2.75) is 25.4 Å². The molecule has 0 spiro atoms. The SMILES string of the molecule is NCCOCC(=O)NCCC1CCCO1. The molecule has 1 fully saturated rings. The highest BCUT2D eigenvalue weighted by Crippen LogP contribution is 2.14. The topological polar surface area (TPSA) is 73.6 Å². The average Bonchev–Trinajstić information content (AvgIpc) is 2.71. The average molecular weight is 216 g/mol. The molecular formula is C10H20N2O3. The van der Waals surface area contributed by atoms with Gasteiger partial charge in [0.05, 0.1) is 12.7 Å². The van der Waals surface area contributed by atoms with Crippen LogP contribution in [-0.2, 0) is 14.3 Å². The first-order valence-corrected chi connectivity index (χ1v) is 5.49. The summed E-state index contributed by atoms with van der Waals surface area (Å²) in [4.78, 5) is 11.2. The Bertz CT molecular complexity index is 182. The molecule has 3 N–H and O–H groups in total. The van der Waals surface area contributed by atoms with Crippen molar-refractivity contribution in [2.24, 2.45) is 5.73 Å². The third kappa shape index (κ3) is 5.71. The molecule has 1 heterocycles. The van der Waals surface area contributed by atoms with E-state index in [-0.39, 0.29) is 12.5 Å². The normalized spacial score (nSPS) is 20.5. The molecule has 1 unspecified atom stereocenters. The molecule has 1 rings (SSSR count). The van der Waals surface area contributed by atoms with Gasteiger partial charge in [0, 0.05) is 19.7 Å². The van der Waals surface area contributed by atoms with Crippen LogP contribution in [0.2, 0.25) is 0 Å². The van der Waals surface area contributed by atoms with Crippen LogP contribution < -0.4 is 11.1 Å². The summed E-state index contributed by atoms with van der Waals surface area (Å²) in [5.74, 6) is -0.0820. The molecule has 1 saturated heterocycles. The first-order valence-electron chi connectivity index (χ1n) is 5.49. The van der Waals surface area contributed by atoms with Crippen molar-refractivity contribution in [2.75, 3.05) is 32.9 Å². The van der Waals surface area contributed by atoms with Crippen LogP contribution >= 0.6 is 0 Å². The van der Waals surface area contributed by atoms with E-state index in [1.165, 1.54) is 0 Å². The van der Waals surface area contributed by atoms with Crippen LogP contribution in [0.3, 0.4) is 0 Å². The zero-order chi connectivity index (χ0) is 10.9. The fourth-order valence-corrected chi connectivity index (χ4v) is 1.54. The van der Waals surface area contributed by atoms with Gasteiger partial charge in [0.15, 0.2) is 0 Å². The molecule has 0 aromatic heterocycles. The molecule has 0 aromatic rings. The van der Waals surface area contributed by atoms with Crippen LogP contribution in [0.1, 0.15) is 19.3 Å². The third-order valence-electron chi connectivity index (χ3n) is 2.31. The highest BCUT2D eigenvalue weighted by molar-refractivity contribution is 5.77. The highest BCUT2D eigenvalue weighted by atomic mass is 16.5. The predicted octanol–water partition coefficient (Wildman–Crippen LogP) is -0.353. The maximum Gasteiger partial charge on any atom is 0.245 e. The molecule has 0 bridgehead atoms. The van der Waals surface area contributed by atoms with E-state index >= 15 is 0 Å². The van der Waals surface area contributed by atoms with E-state index in [1.807, 2.05) is 0 Å². The Labute approximate surface area is 90.3 Å². The molecule has 1 amide bonds. The minimum absolute atomic E-state index is 0.0820. The Morgan fingerprint density at radius 3 is 3.13 bits per heavy atom. The number of ether oxygens (including phenoxy) is 2. The summed E-state index contributed by atoms with van der Waals surface area (Å²) in [6.07, 6.45) is 3.47. The third-order valence-corrected chi connectivity index (χ3v) is 2.31. The summed E-state index contributed by atoms with van der Waals surface area (Å²) >= 11 is 0. The summed E-state index contributed by atoms with van der Waals surface area (Å²) in [6.45, 7) is 2.50. The smallest absolute Gasteiger partial charge is 0.245 e. The minimum Gasteiger partial charge on any atom is -0.378 e. The van der Waals surface area contributed by atoms with Crippen LogP contribution in [0.15, 0.2) is 0 Å². The van der Waals surface area contributed by atoms with Crippen molar-refractivity contribution >= 4 is 5.91 Å². The van der Waals surface area contributed by atoms with E-state index in [9.17, 15) is 4.79 Å². The summed E-state index contributed by atoms with van der Waals surface area (Å²) in [5, 5.41) is 2.78. The van der Waals surface area contributed by atoms with E-state index in [2.05, 4.69) is 5.32 Å². The fourth-order valence-electron chi connectivity index (χ4n) is 1.54. The van der Waals surface area contributed by atoms with Crippen LogP contribution in [0.5, 0.6) is 0 Å². The number of rotatable bonds is 7. The van der Waals surface area contributed by atoms with Gasteiger partial charge in [0.1, 0.15) is 6.61 Å². The van der Waals surface area contributed by atoms with E-state index in [0.29, 0.717) is 25.8 Å². The lowest BCUT2D eigenvalue weighted by Gasteiger charge is -2.10. The van der Waals surface area contributed by atoms with E-state index in [1.54, 1.807) is 0 Å². The lowest BCUT2D eigenvalue weighted by molar-refractivity contribution is -0.125. The second-order valence-electron chi connectivity index (χ2n) is 3.61. The Hall–Kier alpha value is -0.650. The fraction of sp³-hybridized carbons (Fsp3) is 0.900. The Morgan fingerprint density at radius 1 is 1.60 bits per heavy atom. The second-order valence-corrected chi connectivity index (χ2v) is 3.61. The Kier molecular flexibility index (Phi) is 6.31. The lowest BCUT2D eigenvalue weighted by Crippen LogP contribution is -2.30. The number of carbonyl (C=O) groups is 1. The van der Waals surface area contributed by atoms with Crippen LogP contribution in [0.4, 0.5) is 0 Å². The molecular weight excluding hydrogens is 196 g/mol. The highest BCUT2D eigenvalue weighted by Gasteiger charge is 2.14. The van der Waals surface area contributed by atoms with Gasteiger partial charge >= 0.3 is 0 Å². The molecule has 0 aliphatic carbocycles. The van der Waals surface area contributed by atoms with Crippen molar-refractivity contribution in [1.82, 2.24) is 5.32 Å². The predicted molar refractivity (Wildman–Crippen MR) is 56.5 cm³/mol. The van der Waals surface area contributed by atoms with E-state index in [0.717, 1.165) is 25.9 Å². The molecule has 88 valence electrons.